The average molecular weight is 448 g/mol. The van der Waals surface area contributed by atoms with E-state index < -0.39 is 11.3 Å². The highest BCUT2D eigenvalue weighted by atomic mass is 35.5. The number of pyridine rings is 1. The topological polar surface area (TPSA) is 111 Å². The van der Waals surface area contributed by atoms with Crippen LogP contribution in [-0.2, 0) is 17.8 Å². The van der Waals surface area contributed by atoms with Gasteiger partial charge in [-0.05, 0) is 43.9 Å². The van der Waals surface area contributed by atoms with Crippen LogP contribution in [0.15, 0.2) is 41.3 Å². The third-order valence-electron chi connectivity index (χ3n) is 5.10. The first-order chi connectivity index (χ1) is 14.4. The largest absolute Gasteiger partial charge is 0.347 e. The molecule has 1 aliphatic carbocycles. The zero-order valence-electron chi connectivity index (χ0n) is 16.3. The summed E-state index contributed by atoms with van der Waals surface area (Å²) in [4.78, 5) is 24.1. The van der Waals surface area contributed by atoms with Crippen LogP contribution in [0.3, 0.4) is 0 Å². The van der Waals surface area contributed by atoms with E-state index in [0.29, 0.717) is 40.2 Å². The maximum atomic E-state index is 12.5. The first-order valence-corrected chi connectivity index (χ1v) is 11.1. The van der Waals surface area contributed by atoms with Crippen LogP contribution < -0.4 is 10.9 Å². The normalized spacial score (nSPS) is 16.0. The van der Waals surface area contributed by atoms with Crippen LogP contribution in [0.25, 0.3) is 10.9 Å². The summed E-state index contributed by atoms with van der Waals surface area (Å²) in [5.74, 6) is 0.828. The monoisotopic (exact) mass is 447 g/mol. The molecule has 1 aromatic carbocycles. The quantitative estimate of drug-likeness (QED) is 0.456. The predicted molar refractivity (Wildman–Crippen MR) is 118 cm³/mol. The van der Waals surface area contributed by atoms with E-state index in [1.807, 2.05) is 19.1 Å². The molecule has 1 fully saturated rings. The lowest BCUT2D eigenvalue weighted by molar-refractivity contribution is 0.375. The SMILES string of the molecule is C[C@H](Nc1nccc(CN(CC2CC2)S(=O)O)n1)c1cc2cccc(Cl)c2[nH]c1=O. The van der Waals surface area contributed by atoms with Crippen molar-refractivity contribution in [3.63, 3.8) is 0 Å². The number of hydrogen-bond acceptors (Lipinski definition) is 5. The molecule has 0 amide bonds. The summed E-state index contributed by atoms with van der Waals surface area (Å²) in [6.07, 6.45) is 3.78. The van der Waals surface area contributed by atoms with Gasteiger partial charge in [-0.15, -0.1) is 0 Å². The van der Waals surface area contributed by atoms with Gasteiger partial charge in [0.25, 0.3) is 5.56 Å². The van der Waals surface area contributed by atoms with Gasteiger partial charge in [0.05, 0.1) is 28.8 Å². The highest BCUT2D eigenvalue weighted by Crippen LogP contribution is 2.30. The van der Waals surface area contributed by atoms with Crippen LogP contribution in [-0.4, -0.2) is 34.6 Å². The Kier molecular flexibility index (Phi) is 6.14. The number of para-hydroxylation sites is 1. The molecule has 3 N–H and O–H groups in total. The molecule has 8 nitrogen and oxygen atoms in total. The van der Waals surface area contributed by atoms with Gasteiger partial charge in [-0.2, -0.15) is 4.31 Å². The Morgan fingerprint density at radius 3 is 2.93 bits per heavy atom. The Morgan fingerprint density at radius 1 is 1.40 bits per heavy atom. The van der Waals surface area contributed by atoms with Crippen LogP contribution in [0, 0.1) is 5.92 Å². The van der Waals surface area contributed by atoms with Gasteiger partial charge in [-0.3, -0.25) is 9.35 Å². The smallest absolute Gasteiger partial charge is 0.253 e. The zero-order valence-corrected chi connectivity index (χ0v) is 17.9. The number of aromatic nitrogens is 3. The molecule has 0 saturated heterocycles. The molecular weight excluding hydrogens is 426 g/mol. The lowest BCUT2D eigenvalue weighted by atomic mass is 10.1. The maximum Gasteiger partial charge on any atom is 0.253 e. The van der Waals surface area contributed by atoms with Crippen molar-refractivity contribution < 1.29 is 8.76 Å². The van der Waals surface area contributed by atoms with Crippen molar-refractivity contribution in [2.75, 3.05) is 11.9 Å². The van der Waals surface area contributed by atoms with Crippen LogP contribution >= 0.6 is 11.6 Å². The standard InChI is InChI=1S/C20H22ClN5O3S/c1-12(16-9-14-3-2-4-17(21)18(14)25-19(16)27)23-20-22-8-7-15(24-20)11-26(30(28)29)10-13-5-6-13/h2-4,7-9,12-13H,5-6,10-11H2,1H3,(H,25,27)(H,28,29)(H,22,23,24)/t12-/m0/s1. The molecule has 4 rings (SSSR count). The minimum Gasteiger partial charge on any atom is -0.347 e. The molecule has 1 saturated carbocycles. The maximum absolute atomic E-state index is 12.5. The van der Waals surface area contributed by atoms with E-state index in [-0.39, 0.29) is 18.1 Å². The first kappa shape index (κ1) is 20.9. The van der Waals surface area contributed by atoms with Gasteiger partial charge < -0.3 is 10.3 Å². The molecule has 1 aliphatic rings. The first-order valence-electron chi connectivity index (χ1n) is 9.66. The van der Waals surface area contributed by atoms with Crippen molar-refractivity contribution in [3.05, 3.63) is 63.2 Å². The molecule has 0 bridgehead atoms. The highest BCUT2D eigenvalue weighted by molar-refractivity contribution is 7.76. The fraction of sp³-hybridized carbons (Fsp3) is 0.350. The molecule has 10 heteroatoms. The number of fused-ring (bicyclic) bond motifs is 1. The Labute approximate surface area is 181 Å². The molecule has 3 aromatic rings. The number of benzene rings is 1. The number of halogens is 1. The summed E-state index contributed by atoms with van der Waals surface area (Å²) < 4.78 is 22.6. The number of anilines is 1. The lowest BCUT2D eigenvalue weighted by Gasteiger charge is -2.18. The molecule has 30 heavy (non-hydrogen) atoms. The van der Waals surface area contributed by atoms with Gasteiger partial charge in [-0.25, -0.2) is 14.2 Å². The fourth-order valence-corrected chi connectivity index (χ4v) is 4.12. The van der Waals surface area contributed by atoms with E-state index in [9.17, 15) is 13.6 Å². The lowest BCUT2D eigenvalue weighted by Crippen LogP contribution is -2.28. The highest BCUT2D eigenvalue weighted by Gasteiger charge is 2.27. The minimum absolute atomic E-state index is 0.238. The van der Waals surface area contributed by atoms with Crippen LogP contribution in [0.4, 0.5) is 5.95 Å². The number of hydrogen-bond donors (Lipinski definition) is 3. The minimum atomic E-state index is -2.05. The van der Waals surface area contributed by atoms with Gasteiger partial charge in [0.1, 0.15) is 0 Å². The van der Waals surface area contributed by atoms with Crippen molar-refractivity contribution in [2.24, 2.45) is 5.92 Å². The van der Waals surface area contributed by atoms with Crippen LogP contribution in [0.1, 0.15) is 37.1 Å². The van der Waals surface area contributed by atoms with Crippen molar-refractivity contribution in [1.82, 2.24) is 19.3 Å². The van der Waals surface area contributed by atoms with E-state index in [0.717, 1.165) is 18.2 Å². The number of nitrogens with zero attached hydrogens (tertiary/aromatic N) is 3. The molecule has 2 atom stereocenters. The summed E-state index contributed by atoms with van der Waals surface area (Å²) in [6.45, 7) is 2.67. The van der Waals surface area contributed by atoms with Crippen molar-refractivity contribution in [3.8, 4) is 0 Å². The molecule has 0 radical (unpaired) electrons. The van der Waals surface area contributed by atoms with Crippen LogP contribution in [0.5, 0.6) is 0 Å². The van der Waals surface area contributed by atoms with E-state index in [1.54, 1.807) is 24.4 Å². The van der Waals surface area contributed by atoms with Gasteiger partial charge in [0, 0.05) is 23.7 Å². The molecule has 0 spiro atoms. The third kappa shape index (κ3) is 4.86. The number of rotatable bonds is 8. The molecule has 2 aromatic heterocycles. The second-order valence-electron chi connectivity index (χ2n) is 7.49. The summed E-state index contributed by atoms with van der Waals surface area (Å²) in [5, 5.41) is 4.47. The van der Waals surface area contributed by atoms with Crippen molar-refractivity contribution in [1.29, 1.82) is 0 Å². The summed E-state index contributed by atoms with van der Waals surface area (Å²) >= 11 is 4.10. The summed E-state index contributed by atoms with van der Waals surface area (Å²) in [5.41, 5.74) is 1.52. The van der Waals surface area contributed by atoms with E-state index in [2.05, 4.69) is 20.3 Å². The molecule has 0 aliphatic heterocycles. The van der Waals surface area contributed by atoms with E-state index >= 15 is 0 Å². The van der Waals surface area contributed by atoms with Crippen LogP contribution in [0.2, 0.25) is 5.02 Å². The molecular formula is C20H22ClN5O3S. The van der Waals surface area contributed by atoms with Gasteiger partial charge in [-0.1, -0.05) is 23.7 Å². The van der Waals surface area contributed by atoms with Crippen molar-refractivity contribution in [2.45, 2.75) is 32.4 Å². The molecule has 158 valence electrons. The Bertz CT molecular complexity index is 1150. The van der Waals surface area contributed by atoms with E-state index in [1.165, 1.54) is 4.31 Å². The summed E-state index contributed by atoms with van der Waals surface area (Å²) in [7, 11) is 0. The van der Waals surface area contributed by atoms with E-state index in [4.69, 9.17) is 11.6 Å². The Morgan fingerprint density at radius 2 is 2.20 bits per heavy atom. The molecule has 2 heterocycles. The van der Waals surface area contributed by atoms with Crippen molar-refractivity contribution >= 4 is 39.7 Å². The predicted octanol–water partition coefficient (Wildman–Crippen LogP) is 3.49. The molecule has 1 unspecified atom stereocenters. The van der Waals surface area contributed by atoms with Gasteiger partial charge >= 0.3 is 0 Å². The second kappa shape index (κ2) is 8.81. The summed E-state index contributed by atoms with van der Waals surface area (Å²) in [6, 6.07) is 8.60. The second-order valence-corrected chi connectivity index (χ2v) is 8.88. The van der Waals surface area contributed by atoms with Gasteiger partial charge in [0.2, 0.25) is 17.2 Å². The Balaban J connectivity index is 1.52. The zero-order chi connectivity index (χ0) is 21.3. The number of H-pyrrole nitrogens is 1. The Hall–Kier alpha value is -2.33. The fourth-order valence-electron chi connectivity index (χ4n) is 3.31. The average Bonchev–Trinajstić information content (AvgIpc) is 3.52. The number of aromatic amines is 1. The third-order valence-corrected chi connectivity index (χ3v) is 6.14. The van der Waals surface area contributed by atoms with Gasteiger partial charge in [0.15, 0.2) is 0 Å². The number of nitrogens with one attached hydrogen (secondary N) is 2.